The zero-order valence-electron chi connectivity index (χ0n) is 16.8. The molecule has 1 heterocycles. The van der Waals surface area contributed by atoms with Gasteiger partial charge in [-0.05, 0) is 71.4 Å². The Hall–Kier alpha value is -2.47. The molecule has 1 aromatic heterocycles. The van der Waals surface area contributed by atoms with Crippen molar-refractivity contribution >= 4 is 33.3 Å². The summed E-state index contributed by atoms with van der Waals surface area (Å²) in [5.74, 6) is 2.60. The third kappa shape index (κ3) is 6.00. The van der Waals surface area contributed by atoms with Crippen LogP contribution >= 0.6 is 15.9 Å². The molecular formula is C23H26BrNO4. The Bertz CT molecular complexity index is 949. The van der Waals surface area contributed by atoms with Crippen LogP contribution in [0.2, 0.25) is 0 Å². The van der Waals surface area contributed by atoms with Gasteiger partial charge < -0.3 is 18.8 Å². The topological polar surface area (TPSA) is 49.7 Å². The molecule has 5 nitrogen and oxygen atoms in total. The van der Waals surface area contributed by atoms with Gasteiger partial charge in [0.25, 0.3) is 6.47 Å². The highest BCUT2D eigenvalue weighted by atomic mass is 79.9. The second-order valence-electron chi connectivity index (χ2n) is 6.94. The minimum absolute atomic E-state index is 0.431. The first-order valence-corrected chi connectivity index (χ1v) is 10.5. The van der Waals surface area contributed by atoms with Crippen LogP contribution in [0.15, 0.2) is 53.1 Å². The summed E-state index contributed by atoms with van der Waals surface area (Å²) in [5.41, 5.74) is 2.39. The summed E-state index contributed by atoms with van der Waals surface area (Å²) in [7, 11) is 1.70. The molecule has 0 unspecified atom stereocenters. The molecule has 0 radical (unpaired) electrons. The zero-order chi connectivity index (χ0) is 20.6. The molecule has 1 aliphatic carbocycles. The predicted molar refractivity (Wildman–Crippen MR) is 118 cm³/mol. The van der Waals surface area contributed by atoms with E-state index in [9.17, 15) is 4.79 Å². The van der Waals surface area contributed by atoms with Gasteiger partial charge in [0.1, 0.15) is 11.5 Å². The molecule has 1 saturated carbocycles. The third-order valence-electron chi connectivity index (χ3n) is 4.71. The number of hydrogen-bond donors (Lipinski definition) is 0. The molecule has 0 saturated heterocycles. The lowest BCUT2D eigenvalue weighted by atomic mass is 10.2. The highest BCUT2D eigenvalue weighted by Gasteiger charge is 2.22. The van der Waals surface area contributed by atoms with E-state index in [1.165, 1.54) is 29.3 Å². The molecule has 3 aromatic rings. The molecule has 29 heavy (non-hydrogen) atoms. The number of halogens is 1. The first kappa shape index (κ1) is 21.2. The summed E-state index contributed by atoms with van der Waals surface area (Å²) in [6.45, 7) is 4.30. The van der Waals surface area contributed by atoms with E-state index in [2.05, 4.69) is 61.8 Å². The molecule has 154 valence electrons. The van der Waals surface area contributed by atoms with Crippen LogP contribution in [0, 0.1) is 5.92 Å². The number of ether oxygens (including phenoxy) is 3. The maximum atomic E-state index is 9.18. The van der Waals surface area contributed by atoms with Crippen LogP contribution in [0.1, 0.15) is 25.3 Å². The number of rotatable bonds is 8. The molecular weight excluding hydrogens is 434 g/mol. The number of hydrogen-bond acceptors (Lipinski definition) is 4. The summed E-state index contributed by atoms with van der Waals surface area (Å²) >= 11 is 3.67. The minimum Gasteiger partial charge on any atom is -0.497 e. The molecule has 0 N–H and O–H groups in total. The van der Waals surface area contributed by atoms with Gasteiger partial charge >= 0.3 is 0 Å². The van der Waals surface area contributed by atoms with Gasteiger partial charge in [-0.25, -0.2) is 0 Å². The van der Waals surface area contributed by atoms with Crippen molar-refractivity contribution in [3.05, 3.63) is 58.7 Å². The maximum absolute atomic E-state index is 9.18. The predicted octanol–water partition coefficient (Wildman–Crippen LogP) is 5.43. The van der Waals surface area contributed by atoms with Gasteiger partial charge in [-0.1, -0.05) is 12.1 Å². The molecule has 0 spiro atoms. The van der Waals surface area contributed by atoms with E-state index >= 15 is 0 Å². The van der Waals surface area contributed by atoms with E-state index in [4.69, 9.17) is 9.47 Å². The van der Waals surface area contributed by atoms with Gasteiger partial charge in [0.2, 0.25) is 0 Å². The molecule has 0 atom stereocenters. The second kappa shape index (κ2) is 10.3. The van der Waals surface area contributed by atoms with E-state index in [0.29, 0.717) is 13.1 Å². The fourth-order valence-electron chi connectivity index (χ4n) is 2.98. The van der Waals surface area contributed by atoms with Crippen molar-refractivity contribution in [2.75, 3.05) is 20.3 Å². The van der Waals surface area contributed by atoms with Crippen molar-refractivity contribution in [3.63, 3.8) is 0 Å². The quantitative estimate of drug-likeness (QED) is 0.421. The highest BCUT2D eigenvalue weighted by molar-refractivity contribution is 9.10. The number of aromatic nitrogens is 1. The highest BCUT2D eigenvalue weighted by Crippen LogP contribution is 2.32. The first-order chi connectivity index (χ1) is 14.1. The van der Waals surface area contributed by atoms with E-state index in [0.717, 1.165) is 35.0 Å². The summed E-state index contributed by atoms with van der Waals surface area (Å²) in [4.78, 5) is 9.18. The molecule has 4 rings (SSSR count). The molecule has 2 aromatic carbocycles. The lowest BCUT2D eigenvalue weighted by Crippen LogP contribution is -2.00. The largest absolute Gasteiger partial charge is 0.497 e. The van der Waals surface area contributed by atoms with Gasteiger partial charge in [0.15, 0.2) is 0 Å². The normalized spacial score (nSPS) is 12.8. The Labute approximate surface area is 179 Å². The Morgan fingerprint density at radius 2 is 2.00 bits per heavy atom. The Kier molecular flexibility index (Phi) is 7.58. The SMILES string of the molecule is CCOC=O.COc1cccc(Cn2cc(Br)c3ccc(OCC4CC4)cc32)c1. The first-order valence-electron chi connectivity index (χ1n) is 9.74. The monoisotopic (exact) mass is 459 g/mol. The fourth-order valence-corrected chi connectivity index (χ4v) is 3.56. The lowest BCUT2D eigenvalue weighted by Gasteiger charge is -2.09. The number of carbonyl (C=O) groups is 1. The van der Waals surface area contributed by atoms with Gasteiger partial charge in [0, 0.05) is 28.7 Å². The Morgan fingerprint density at radius 3 is 2.66 bits per heavy atom. The maximum Gasteiger partial charge on any atom is 0.293 e. The van der Waals surface area contributed by atoms with E-state index in [1.54, 1.807) is 14.0 Å². The van der Waals surface area contributed by atoms with Crippen molar-refractivity contribution in [1.29, 1.82) is 0 Å². The zero-order valence-corrected chi connectivity index (χ0v) is 18.4. The second-order valence-corrected chi connectivity index (χ2v) is 7.80. The molecule has 0 amide bonds. The molecule has 1 aliphatic rings. The van der Waals surface area contributed by atoms with Crippen molar-refractivity contribution < 1.29 is 19.0 Å². The summed E-state index contributed by atoms with van der Waals surface area (Å²) < 4.78 is 18.8. The number of methoxy groups -OCH3 is 1. The number of nitrogens with zero attached hydrogens (tertiary/aromatic N) is 1. The lowest BCUT2D eigenvalue weighted by molar-refractivity contribution is -0.128. The number of fused-ring (bicyclic) bond motifs is 1. The van der Waals surface area contributed by atoms with E-state index < -0.39 is 0 Å². The Balaban J connectivity index is 0.000000431. The van der Waals surface area contributed by atoms with E-state index in [-0.39, 0.29) is 0 Å². The van der Waals surface area contributed by atoms with Gasteiger partial charge in [0.05, 0.1) is 25.8 Å². The molecule has 1 fully saturated rings. The molecule has 0 aliphatic heterocycles. The van der Waals surface area contributed by atoms with Crippen molar-refractivity contribution in [2.45, 2.75) is 26.3 Å². The average Bonchev–Trinajstić information content (AvgIpc) is 3.52. The summed E-state index contributed by atoms with van der Waals surface area (Å²) in [5, 5.41) is 1.21. The smallest absolute Gasteiger partial charge is 0.293 e. The fraction of sp³-hybridized carbons (Fsp3) is 0.348. The van der Waals surface area contributed by atoms with Crippen LogP contribution in [0.5, 0.6) is 11.5 Å². The average molecular weight is 460 g/mol. The molecule has 6 heteroatoms. The van der Waals surface area contributed by atoms with Crippen LogP contribution < -0.4 is 9.47 Å². The number of benzene rings is 2. The minimum atomic E-state index is 0.431. The van der Waals surface area contributed by atoms with Crippen molar-refractivity contribution in [3.8, 4) is 11.5 Å². The number of carbonyl (C=O) groups excluding carboxylic acids is 1. The van der Waals surface area contributed by atoms with Crippen LogP contribution in [0.25, 0.3) is 10.9 Å². The Morgan fingerprint density at radius 1 is 1.17 bits per heavy atom. The molecule has 0 bridgehead atoms. The van der Waals surface area contributed by atoms with E-state index in [1.807, 2.05) is 12.1 Å². The van der Waals surface area contributed by atoms with Crippen LogP contribution in [-0.2, 0) is 16.1 Å². The van der Waals surface area contributed by atoms with Crippen LogP contribution in [0.3, 0.4) is 0 Å². The third-order valence-corrected chi connectivity index (χ3v) is 5.34. The van der Waals surface area contributed by atoms with Crippen LogP contribution in [-0.4, -0.2) is 31.4 Å². The van der Waals surface area contributed by atoms with Crippen LogP contribution in [0.4, 0.5) is 0 Å². The standard InChI is InChI=1S/C20H20BrNO2.C3H6O2/c1-23-16-4-2-3-15(9-16)11-22-12-19(21)18-8-7-17(10-20(18)22)24-13-14-5-6-14;1-2-5-3-4/h2-4,7-10,12,14H,5-6,11,13H2,1H3;3H,2H2,1H3. The van der Waals surface area contributed by atoms with Gasteiger partial charge in [-0.15, -0.1) is 0 Å². The van der Waals surface area contributed by atoms with Crippen molar-refractivity contribution in [1.82, 2.24) is 4.57 Å². The van der Waals surface area contributed by atoms with Crippen molar-refractivity contribution in [2.24, 2.45) is 5.92 Å². The summed E-state index contributed by atoms with van der Waals surface area (Å²) in [6, 6.07) is 14.5. The van der Waals surface area contributed by atoms with Gasteiger partial charge in [-0.2, -0.15) is 0 Å². The summed E-state index contributed by atoms with van der Waals surface area (Å²) in [6.07, 6.45) is 4.74. The van der Waals surface area contributed by atoms with Gasteiger partial charge in [-0.3, -0.25) is 4.79 Å².